The van der Waals surface area contributed by atoms with Crippen molar-refractivity contribution in [1.82, 2.24) is 19.4 Å². The van der Waals surface area contributed by atoms with Crippen LogP contribution < -0.4 is 15.5 Å². The fraction of sp³-hybridized carbons (Fsp3) is 0.333. The van der Waals surface area contributed by atoms with Crippen LogP contribution in [0.2, 0.25) is 5.02 Å². The van der Waals surface area contributed by atoms with E-state index in [2.05, 4.69) is 16.5 Å². The molecular weight excluding hydrogens is 602 g/mol. The SMILES string of the molecule is C=CC(=O)N1CC(C)N2c3nc(=O)n(-c4c(C)ccnc4C(C)C)c4c(F)c(-c5c(O)cccc5Cl)c(F)c(c34)N(C)CC2C1. The molecule has 0 bridgehead atoms. The van der Waals surface area contributed by atoms with Gasteiger partial charge in [-0.15, -0.1) is 0 Å². The van der Waals surface area contributed by atoms with Gasteiger partial charge in [-0.25, -0.2) is 13.6 Å². The number of nitrogens with zero attached hydrogens (tertiary/aromatic N) is 6. The molecule has 0 saturated carbocycles. The van der Waals surface area contributed by atoms with Gasteiger partial charge in [0, 0.05) is 44.5 Å². The summed E-state index contributed by atoms with van der Waals surface area (Å²) in [5.41, 5.74) is -0.270. The maximum atomic E-state index is 17.4. The molecule has 12 heteroatoms. The van der Waals surface area contributed by atoms with Gasteiger partial charge in [-0.2, -0.15) is 4.98 Å². The number of aryl methyl sites for hydroxylation is 1. The normalized spacial score (nSPS) is 17.9. The molecule has 2 aliphatic heterocycles. The van der Waals surface area contributed by atoms with Crippen molar-refractivity contribution in [2.75, 3.05) is 36.5 Å². The second kappa shape index (κ2) is 11.1. The van der Waals surface area contributed by atoms with Gasteiger partial charge in [0.2, 0.25) is 5.91 Å². The van der Waals surface area contributed by atoms with Gasteiger partial charge >= 0.3 is 5.69 Å². The number of pyridine rings is 1. The minimum absolute atomic E-state index is 0.00666. The first-order valence-corrected chi connectivity index (χ1v) is 15.1. The highest BCUT2D eigenvalue weighted by Gasteiger charge is 2.42. The minimum atomic E-state index is -1.08. The Kier molecular flexibility index (Phi) is 7.55. The molecule has 2 aromatic heterocycles. The molecule has 1 amide bonds. The lowest BCUT2D eigenvalue weighted by atomic mass is 9.97. The van der Waals surface area contributed by atoms with Gasteiger partial charge in [0.25, 0.3) is 0 Å². The van der Waals surface area contributed by atoms with Gasteiger partial charge in [0.05, 0.1) is 39.1 Å². The van der Waals surface area contributed by atoms with Crippen molar-refractivity contribution in [3.05, 3.63) is 81.5 Å². The summed E-state index contributed by atoms with van der Waals surface area (Å²) in [7, 11) is 1.67. The fourth-order valence-corrected chi connectivity index (χ4v) is 7.09. The Morgan fingerprint density at radius 2 is 1.87 bits per heavy atom. The zero-order valence-electron chi connectivity index (χ0n) is 25.6. The van der Waals surface area contributed by atoms with E-state index in [4.69, 9.17) is 11.6 Å². The monoisotopic (exact) mass is 634 g/mol. The van der Waals surface area contributed by atoms with E-state index in [9.17, 15) is 14.7 Å². The van der Waals surface area contributed by atoms with E-state index in [1.165, 1.54) is 28.8 Å². The summed E-state index contributed by atoms with van der Waals surface area (Å²) in [6.07, 6.45) is 2.87. The molecule has 4 aromatic rings. The van der Waals surface area contributed by atoms with Crippen molar-refractivity contribution < 1.29 is 18.7 Å². The second-order valence-corrected chi connectivity index (χ2v) is 12.4. The number of halogens is 3. The van der Waals surface area contributed by atoms with Gasteiger partial charge in [0.15, 0.2) is 11.6 Å². The maximum Gasteiger partial charge on any atom is 0.354 e. The molecule has 2 aliphatic rings. The molecule has 45 heavy (non-hydrogen) atoms. The molecule has 0 radical (unpaired) electrons. The van der Waals surface area contributed by atoms with E-state index in [1.807, 2.05) is 25.7 Å². The van der Waals surface area contributed by atoms with Crippen LogP contribution in [0.3, 0.4) is 0 Å². The first-order chi connectivity index (χ1) is 21.4. The number of anilines is 2. The lowest BCUT2D eigenvalue weighted by molar-refractivity contribution is -0.127. The topological polar surface area (TPSA) is 94.8 Å². The Bertz CT molecular complexity index is 1940. The summed E-state index contributed by atoms with van der Waals surface area (Å²) in [4.78, 5) is 41.2. The summed E-state index contributed by atoms with van der Waals surface area (Å²) >= 11 is 6.48. The first-order valence-electron chi connectivity index (χ1n) is 14.7. The second-order valence-electron chi connectivity index (χ2n) is 12.0. The molecule has 234 valence electrons. The smallest absolute Gasteiger partial charge is 0.354 e. The van der Waals surface area contributed by atoms with Crippen LogP contribution >= 0.6 is 11.6 Å². The van der Waals surface area contributed by atoms with Crippen molar-refractivity contribution in [2.45, 2.75) is 45.7 Å². The lowest BCUT2D eigenvalue weighted by Crippen LogP contribution is -2.61. The van der Waals surface area contributed by atoms with E-state index in [0.29, 0.717) is 23.5 Å². The number of amides is 1. The van der Waals surface area contributed by atoms with Crippen molar-refractivity contribution in [2.24, 2.45) is 0 Å². The van der Waals surface area contributed by atoms with E-state index >= 15 is 8.78 Å². The zero-order chi connectivity index (χ0) is 32.5. The van der Waals surface area contributed by atoms with E-state index in [1.54, 1.807) is 36.0 Å². The van der Waals surface area contributed by atoms with Gasteiger partial charge in [-0.1, -0.05) is 38.1 Å². The van der Waals surface area contributed by atoms with E-state index in [-0.39, 0.29) is 64.0 Å². The quantitative estimate of drug-likeness (QED) is 0.294. The lowest BCUT2D eigenvalue weighted by Gasteiger charge is -2.46. The number of benzene rings is 2. The number of carbonyl (C=O) groups is 1. The number of fused-ring (bicyclic) bond motifs is 2. The van der Waals surface area contributed by atoms with Crippen molar-refractivity contribution in [1.29, 1.82) is 0 Å². The molecule has 0 aliphatic carbocycles. The maximum absolute atomic E-state index is 17.4. The Balaban J connectivity index is 1.81. The molecule has 1 N–H and O–H groups in total. The van der Waals surface area contributed by atoms with Gasteiger partial charge < -0.3 is 19.8 Å². The fourth-order valence-electron chi connectivity index (χ4n) is 6.82. The third kappa shape index (κ3) is 4.63. The molecule has 2 unspecified atom stereocenters. The highest BCUT2D eigenvalue weighted by Crippen LogP contribution is 2.49. The Morgan fingerprint density at radius 3 is 2.53 bits per heavy atom. The molecule has 6 rings (SSSR count). The van der Waals surface area contributed by atoms with E-state index < -0.39 is 34.7 Å². The van der Waals surface area contributed by atoms with Crippen LogP contribution in [0, 0.1) is 18.6 Å². The summed E-state index contributed by atoms with van der Waals surface area (Å²) < 4.78 is 35.6. The third-order valence-electron chi connectivity index (χ3n) is 8.72. The van der Waals surface area contributed by atoms with Crippen LogP contribution in [0.25, 0.3) is 27.7 Å². The molecule has 4 heterocycles. The number of hydrogen-bond acceptors (Lipinski definition) is 7. The molecule has 1 fully saturated rings. The van der Waals surface area contributed by atoms with Crippen molar-refractivity contribution in [3.63, 3.8) is 0 Å². The summed E-state index contributed by atoms with van der Waals surface area (Å²) in [5, 5.41) is 10.9. The van der Waals surface area contributed by atoms with E-state index in [0.717, 1.165) is 0 Å². The Hall–Kier alpha value is -4.51. The highest BCUT2D eigenvalue weighted by atomic mass is 35.5. The predicted octanol–water partition coefficient (Wildman–Crippen LogP) is 5.56. The average Bonchev–Trinajstić information content (AvgIpc) is 3.10. The van der Waals surface area contributed by atoms with Crippen LogP contribution in [0.5, 0.6) is 5.75 Å². The Morgan fingerprint density at radius 1 is 1.13 bits per heavy atom. The third-order valence-corrected chi connectivity index (χ3v) is 9.03. The van der Waals surface area contributed by atoms with Crippen LogP contribution in [0.15, 0.2) is 47.9 Å². The van der Waals surface area contributed by atoms with Crippen LogP contribution in [0.4, 0.5) is 20.3 Å². The summed E-state index contributed by atoms with van der Waals surface area (Å²) in [5.74, 6) is -2.74. The summed E-state index contributed by atoms with van der Waals surface area (Å²) in [6, 6.07) is 5.14. The largest absolute Gasteiger partial charge is 0.507 e. The van der Waals surface area contributed by atoms with Crippen LogP contribution in [0.1, 0.15) is 37.9 Å². The number of phenolic OH excluding ortho intramolecular Hbond substituents is 1. The number of likely N-dealkylation sites (N-methyl/N-ethyl adjacent to an activating group) is 1. The summed E-state index contributed by atoms with van der Waals surface area (Å²) in [6.45, 7) is 11.9. The number of phenols is 1. The number of aromatic nitrogens is 3. The number of aromatic hydroxyl groups is 1. The minimum Gasteiger partial charge on any atom is -0.507 e. The highest BCUT2D eigenvalue weighted by molar-refractivity contribution is 6.34. The molecule has 0 spiro atoms. The van der Waals surface area contributed by atoms with Crippen molar-refractivity contribution in [3.8, 4) is 22.6 Å². The Labute approximate surface area is 264 Å². The zero-order valence-corrected chi connectivity index (χ0v) is 26.4. The van der Waals surface area contributed by atoms with Crippen LogP contribution in [-0.2, 0) is 4.79 Å². The van der Waals surface area contributed by atoms with Gasteiger partial charge in [0.1, 0.15) is 17.1 Å². The molecule has 2 aromatic carbocycles. The average molecular weight is 635 g/mol. The first kappa shape index (κ1) is 30.5. The molecule has 2 atom stereocenters. The number of hydrogen-bond donors (Lipinski definition) is 1. The van der Waals surface area contributed by atoms with Gasteiger partial charge in [-0.3, -0.25) is 14.3 Å². The van der Waals surface area contributed by atoms with Crippen molar-refractivity contribution >= 4 is 39.9 Å². The number of carbonyl (C=O) groups excluding carboxylic acids is 1. The van der Waals surface area contributed by atoms with Gasteiger partial charge in [-0.05, 0) is 49.6 Å². The molecular formula is C33H33ClF2N6O3. The number of piperazine rings is 1. The van der Waals surface area contributed by atoms with Crippen LogP contribution in [-0.4, -0.2) is 69.2 Å². The number of rotatable bonds is 4. The molecule has 9 nitrogen and oxygen atoms in total. The predicted molar refractivity (Wildman–Crippen MR) is 172 cm³/mol. The molecule has 1 saturated heterocycles. The standard InChI is InChI=1S/C33H33ClF2N6O3/c1-7-22(44)40-13-18(5)41-19(15-40)14-39(6)30-25-31(27(36)24(26(30)35)23-20(34)9-8-10-21(23)43)42(33(45)38-32(25)41)29-17(4)11-12-37-28(29)16(2)3/h7-12,16,18-19,43H,1,13-15H2,2-6H3.